The molecule has 19 heavy (non-hydrogen) atoms. The van der Waals surface area contributed by atoms with Crippen LogP contribution in [0.1, 0.15) is 12.8 Å². The van der Waals surface area contributed by atoms with Gasteiger partial charge in [0.2, 0.25) is 5.91 Å². The molecule has 1 amide bonds. The highest BCUT2D eigenvalue weighted by Crippen LogP contribution is 2.28. The summed E-state index contributed by atoms with van der Waals surface area (Å²) in [7, 11) is 0. The van der Waals surface area contributed by atoms with Crippen LogP contribution in [0, 0.1) is 5.92 Å². The molecular weight excluding hydrogens is 240 g/mol. The van der Waals surface area contributed by atoms with E-state index in [1.54, 1.807) is 12.4 Å². The molecule has 3 rings (SSSR count). The van der Waals surface area contributed by atoms with Gasteiger partial charge in [-0.25, -0.2) is 0 Å². The van der Waals surface area contributed by atoms with Gasteiger partial charge in [0.05, 0.1) is 12.7 Å². The fraction of sp³-hybridized carbons (Fsp3) is 0.357. The molecule has 5 heteroatoms. The third kappa shape index (κ3) is 2.99. The SMILES string of the molecule is O=C(NCCn1cc(-c2ccncc2)cn1)C1CC1. The van der Waals surface area contributed by atoms with Crippen LogP contribution in [0.3, 0.4) is 0 Å². The van der Waals surface area contributed by atoms with E-state index in [1.807, 2.05) is 29.2 Å². The number of rotatable bonds is 5. The number of nitrogens with zero attached hydrogens (tertiary/aromatic N) is 3. The maximum atomic E-state index is 11.5. The van der Waals surface area contributed by atoms with Crippen molar-refractivity contribution in [3.05, 3.63) is 36.9 Å². The number of pyridine rings is 1. The quantitative estimate of drug-likeness (QED) is 0.881. The summed E-state index contributed by atoms with van der Waals surface area (Å²) in [4.78, 5) is 15.5. The Balaban J connectivity index is 1.54. The van der Waals surface area contributed by atoms with Gasteiger partial charge in [0.25, 0.3) is 0 Å². The van der Waals surface area contributed by atoms with E-state index in [0.29, 0.717) is 13.1 Å². The Morgan fingerprint density at radius 3 is 2.84 bits per heavy atom. The van der Waals surface area contributed by atoms with Gasteiger partial charge in [-0.2, -0.15) is 5.10 Å². The van der Waals surface area contributed by atoms with Crippen molar-refractivity contribution in [3.8, 4) is 11.1 Å². The van der Waals surface area contributed by atoms with Gasteiger partial charge in [0.1, 0.15) is 0 Å². The smallest absolute Gasteiger partial charge is 0.223 e. The molecule has 0 atom stereocenters. The van der Waals surface area contributed by atoms with E-state index < -0.39 is 0 Å². The number of amides is 1. The maximum absolute atomic E-state index is 11.5. The average Bonchev–Trinajstić information content (AvgIpc) is 3.20. The van der Waals surface area contributed by atoms with E-state index in [0.717, 1.165) is 24.0 Å². The second-order valence-electron chi connectivity index (χ2n) is 4.79. The highest BCUT2D eigenvalue weighted by molar-refractivity contribution is 5.80. The van der Waals surface area contributed by atoms with Crippen molar-refractivity contribution < 1.29 is 4.79 Å². The maximum Gasteiger partial charge on any atom is 0.223 e. The number of carbonyl (C=O) groups is 1. The molecule has 0 spiro atoms. The molecule has 1 N–H and O–H groups in total. The number of hydrogen-bond donors (Lipinski definition) is 1. The lowest BCUT2D eigenvalue weighted by Gasteiger charge is -2.04. The molecule has 0 radical (unpaired) electrons. The summed E-state index contributed by atoms with van der Waals surface area (Å²) in [6.07, 6.45) is 9.43. The topological polar surface area (TPSA) is 59.8 Å². The summed E-state index contributed by atoms with van der Waals surface area (Å²) in [6.45, 7) is 1.33. The Labute approximate surface area is 111 Å². The van der Waals surface area contributed by atoms with Crippen LogP contribution in [0.15, 0.2) is 36.9 Å². The first-order chi connectivity index (χ1) is 9.33. The van der Waals surface area contributed by atoms with E-state index in [2.05, 4.69) is 15.4 Å². The molecule has 1 aliphatic carbocycles. The summed E-state index contributed by atoms with van der Waals surface area (Å²) >= 11 is 0. The summed E-state index contributed by atoms with van der Waals surface area (Å²) in [5.74, 6) is 0.450. The van der Waals surface area contributed by atoms with Crippen molar-refractivity contribution >= 4 is 5.91 Å². The van der Waals surface area contributed by atoms with Gasteiger partial charge in [-0.05, 0) is 30.5 Å². The zero-order valence-corrected chi connectivity index (χ0v) is 10.6. The van der Waals surface area contributed by atoms with Gasteiger partial charge in [-0.15, -0.1) is 0 Å². The van der Waals surface area contributed by atoms with E-state index >= 15 is 0 Å². The number of aromatic nitrogens is 3. The van der Waals surface area contributed by atoms with E-state index in [9.17, 15) is 4.79 Å². The predicted molar refractivity (Wildman–Crippen MR) is 71.2 cm³/mol. The molecule has 2 aromatic rings. The largest absolute Gasteiger partial charge is 0.354 e. The van der Waals surface area contributed by atoms with E-state index in [4.69, 9.17) is 0 Å². The van der Waals surface area contributed by atoms with Crippen LogP contribution in [-0.2, 0) is 11.3 Å². The van der Waals surface area contributed by atoms with Crippen LogP contribution in [0.4, 0.5) is 0 Å². The molecule has 1 saturated carbocycles. The van der Waals surface area contributed by atoms with Crippen LogP contribution in [0.5, 0.6) is 0 Å². The number of carbonyl (C=O) groups excluding carboxylic acids is 1. The van der Waals surface area contributed by atoms with Crippen molar-refractivity contribution in [1.82, 2.24) is 20.1 Å². The zero-order chi connectivity index (χ0) is 13.1. The van der Waals surface area contributed by atoms with Gasteiger partial charge >= 0.3 is 0 Å². The van der Waals surface area contributed by atoms with Crippen molar-refractivity contribution in [2.75, 3.05) is 6.54 Å². The lowest BCUT2D eigenvalue weighted by Crippen LogP contribution is -2.28. The number of nitrogens with one attached hydrogen (secondary N) is 1. The van der Waals surface area contributed by atoms with Gasteiger partial charge in [-0.3, -0.25) is 14.5 Å². The zero-order valence-electron chi connectivity index (χ0n) is 10.6. The lowest BCUT2D eigenvalue weighted by atomic mass is 10.1. The van der Waals surface area contributed by atoms with Crippen molar-refractivity contribution in [2.45, 2.75) is 19.4 Å². The third-order valence-electron chi connectivity index (χ3n) is 3.24. The molecule has 0 aromatic carbocycles. The molecule has 0 unspecified atom stereocenters. The Hall–Kier alpha value is -2.17. The first kappa shape index (κ1) is 11.9. The lowest BCUT2D eigenvalue weighted by molar-refractivity contribution is -0.122. The minimum atomic E-state index is 0.182. The van der Waals surface area contributed by atoms with Crippen LogP contribution < -0.4 is 5.32 Å². The molecular formula is C14H16N4O. The monoisotopic (exact) mass is 256 g/mol. The fourth-order valence-corrected chi connectivity index (χ4v) is 1.96. The molecule has 2 aromatic heterocycles. The first-order valence-electron chi connectivity index (χ1n) is 6.53. The van der Waals surface area contributed by atoms with Crippen LogP contribution >= 0.6 is 0 Å². The van der Waals surface area contributed by atoms with Gasteiger partial charge in [0, 0.05) is 36.6 Å². The standard InChI is InChI=1S/C14H16N4O/c19-14(12-1-2-12)16-7-8-18-10-13(9-17-18)11-3-5-15-6-4-11/h3-6,9-10,12H,1-2,7-8H2,(H,16,19). The molecule has 98 valence electrons. The minimum Gasteiger partial charge on any atom is -0.354 e. The normalized spacial score (nSPS) is 14.3. The van der Waals surface area contributed by atoms with Gasteiger partial charge in [-0.1, -0.05) is 0 Å². The predicted octanol–water partition coefficient (Wildman–Crippen LogP) is 1.47. The number of hydrogen-bond acceptors (Lipinski definition) is 3. The average molecular weight is 256 g/mol. The molecule has 1 aliphatic rings. The Kier molecular flexibility index (Phi) is 3.27. The molecule has 0 saturated heterocycles. The first-order valence-corrected chi connectivity index (χ1v) is 6.53. The molecule has 1 fully saturated rings. The van der Waals surface area contributed by atoms with Gasteiger partial charge in [0.15, 0.2) is 0 Å². The summed E-state index contributed by atoms with van der Waals surface area (Å²) in [6, 6.07) is 3.91. The Morgan fingerprint density at radius 2 is 2.11 bits per heavy atom. The van der Waals surface area contributed by atoms with E-state index in [1.165, 1.54) is 0 Å². The van der Waals surface area contributed by atoms with Crippen LogP contribution in [0.25, 0.3) is 11.1 Å². The summed E-state index contributed by atoms with van der Waals surface area (Å²) < 4.78 is 1.85. The highest BCUT2D eigenvalue weighted by Gasteiger charge is 2.28. The summed E-state index contributed by atoms with van der Waals surface area (Å²) in [5, 5.41) is 7.23. The van der Waals surface area contributed by atoms with Crippen molar-refractivity contribution in [3.63, 3.8) is 0 Å². The van der Waals surface area contributed by atoms with Gasteiger partial charge < -0.3 is 5.32 Å². The summed E-state index contributed by atoms with van der Waals surface area (Å²) in [5.41, 5.74) is 2.17. The molecule has 0 bridgehead atoms. The third-order valence-corrected chi connectivity index (χ3v) is 3.24. The molecule has 0 aliphatic heterocycles. The Morgan fingerprint density at radius 1 is 1.32 bits per heavy atom. The second-order valence-corrected chi connectivity index (χ2v) is 4.79. The van der Waals surface area contributed by atoms with Crippen LogP contribution in [-0.4, -0.2) is 27.2 Å². The minimum absolute atomic E-state index is 0.182. The van der Waals surface area contributed by atoms with Crippen LogP contribution in [0.2, 0.25) is 0 Å². The fourth-order valence-electron chi connectivity index (χ4n) is 1.96. The van der Waals surface area contributed by atoms with Crippen molar-refractivity contribution in [1.29, 1.82) is 0 Å². The molecule has 2 heterocycles. The molecule has 5 nitrogen and oxygen atoms in total. The van der Waals surface area contributed by atoms with Crippen molar-refractivity contribution in [2.24, 2.45) is 5.92 Å². The highest BCUT2D eigenvalue weighted by atomic mass is 16.2. The Bertz CT molecular complexity index is 560. The second kappa shape index (κ2) is 5.22. The van der Waals surface area contributed by atoms with E-state index in [-0.39, 0.29) is 11.8 Å².